The third-order valence-electron chi connectivity index (χ3n) is 5.88. The highest BCUT2D eigenvalue weighted by Crippen LogP contribution is 2.39. The van der Waals surface area contributed by atoms with Crippen LogP contribution < -0.4 is 9.64 Å². The zero-order valence-electron chi connectivity index (χ0n) is 17.8. The zero-order chi connectivity index (χ0) is 22.3. The van der Waals surface area contributed by atoms with E-state index in [2.05, 4.69) is 0 Å². The Kier molecular flexibility index (Phi) is 6.75. The molecule has 3 aromatic rings. The van der Waals surface area contributed by atoms with Crippen LogP contribution in [0, 0.1) is 0 Å². The second-order valence-electron chi connectivity index (χ2n) is 7.89. The average Bonchev–Trinajstić information content (AvgIpc) is 2.84. The van der Waals surface area contributed by atoms with E-state index in [-0.39, 0.29) is 18.1 Å². The Morgan fingerprint density at radius 2 is 1.56 bits per heavy atom. The SMILES string of the molecule is O=CC(=O)Oc1cccc2c1CCCC2CCC(=O)N(c1ccccc1)c1ccccc1. The van der Waals surface area contributed by atoms with Gasteiger partial charge in [0.25, 0.3) is 0 Å². The minimum atomic E-state index is -0.892. The summed E-state index contributed by atoms with van der Waals surface area (Å²) < 4.78 is 5.21. The fourth-order valence-corrected chi connectivity index (χ4v) is 4.44. The molecule has 1 aliphatic rings. The van der Waals surface area contributed by atoms with Gasteiger partial charge in [-0.15, -0.1) is 0 Å². The van der Waals surface area contributed by atoms with Crippen molar-refractivity contribution in [1.82, 2.24) is 0 Å². The molecule has 3 aromatic carbocycles. The number of rotatable bonds is 7. The molecule has 1 unspecified atom stereocenters. The first kappa shape index (κ1) is 21.5. The molecule has 5 nitrogen and oxygen atoms in total. The van der Waals surface area contributed by atoms with Crippen LogP contribution in [0.2, 0.25) is 0 Å². The van der Waals surface area contributed by atoms with Crippen LogP contribution in [0.1, 0.15) is 42.7 Å². The van der Waals surface area contributed by atoms with Crippen molar-refractivity contribution >= 4 is 29.5 Å². The molecule has 0 N–H and O–H groups in total. The highest BCUT2D eigenvalue weighted by Gasteiger charge is 2.26. The van der Waals surface area contributed by atoms with Crippen molar-refractivity contribution in [2.24, 2.45) is 0 Å². The van der Waals surface area contributed by atoms with Crippen LogP contribution >= 0.6 is 0 Å². The first-order valence-corrected chi connectivity index (χ1v) is 10.9. The van der Waals surface area contributed by atoms with E-state index in [1.54, 1.807) is 11.0 Å². The maximum Gasteiger partial charge on any atom is 0.376 e. The molecule has 0 fully saturated rings. The average molecular weight is 428 g/mol. The van der Waals surface area contributed by atoms with Gasteiger partial charge in [-0.2, -0.15) is 0 Å². The summed E-state index contributed by atoms with van der Waals surface area (Å²) in [4.78, 5) is 37.3. The topological polar surface area (TPSA) is 63.7 Å². The van der Waals surface area contributed by atoms with Crippen LogP contribution in [-0.2, 0) is 20.8 Å². The highest BCUT2D eigenvalue weighted by atomic mass is 16.5. The molecule has 1 amide bonds. The fraction of sp³-hybridized carbons (Fsp3) is 0.222. The predicted octanol–water partition coefficient (Wildman–Crippen LogP) is 5.36. The van der Waals surface area contributed by atoms with Crippen LogP contribution in [0.3, 0.4) is 0 Å². The van der Waals surface area contributed by atoms with E-state index in [1.807, 2.05) is 72.8 Å². The Hall–Kier alpha value is -3.73. The fourth-order valence-electron chi connectivity index (χ4n) is 4.44. The molecule has 0 spiro atoms. The third-order valence-corrected chi connectivity index (χ3v) is 5.88. The lowest BCUT2D eigenvalue weighted by molar-refractivity contribution is -0.141. The number of fused-ring (bicyclic) bond motifs is 1. The largest absolute Gasteiger partial charge is 0.421 e. The van der Waals surface area contributed by atoms with E-state index in [4.69, 9.17) is 4.74 Å². The molecule has 0 heterocycles. The van der Waals surface area contributed by atoms with Crippen LogP contribution in [0.15, 0.2) is 78.9 Å². The maximum atomic E-state index is 13.4. The van der Waals surface area contributed by atoms with Crippen LogP contribution in [0.5, 0.6) is 5.75 Å². The number of carbonyl (C=O) groups excluding carboxylic acids is 3. The van der Waals surface area contributed by atoms with E-state index in [1.165, 1.54) is 0 Å². The number of hydrogen-bond donors (Lipinski definition) is 0. The molecule has 5 heteroatoms. The molecule has 32 heavy (non-hydrogen) atoms. The number of aldehydes is 1. The van der Waals surface area contributed by atoms with E-state index in [9.17, 15) is 14.4 Å². The first-order valence-electron chi connectivity index (χ1n) is 10.9. The van der Waals surface area contributed by atoms with Crippen molar-refractivity contribution < 1.29 is 19.1 Å². The van der Waals surface area contributed by atoms with Crippen molar-refractivity contribution in [2.75, 3.05) is 4.90 Å². The Balaban J connectivity index is 1.53. The third kappa shape index (κ3) is 4.78. The molecule has 1 atom stereocenters. The van der Waals surface area contributed by atoms with Crippen molar-refractivity contribution in [3.8, 4) is 5.75 Å². The Morgan fingerprint density at radius 3 is 2.19 bits per heavy atom. The molecule has 0 aliphatic heterocycles. The number of amides is 1. The molecule has 0 saturated heterocycles. The Bertz CT molecular complexity index is 1060. The minimum Gasteiger partial charge on any atom is -0.421 e. The van der Waals surface area contributed by atoms with E-state index >= 15 is 0 Å². The normalized spacial score (nSPS) is 14.8. The van der Waals surface area contributed by atoms with Crippen molar-refractivity contribution in [3.63, 3.8) is 0 Å². The van der Waals surface area contributed by atoms with Gasteiger partial charge in [0.1, 0.15) is 5.75 Å². The van der Waals surface area contributed by atoms with Gasteiger partial charge in [0, 0.05) is 17.8 Å². The molecule has 4 rings (SSSR count). The van der Waals surface area contributed by atoms with Gasteiger partial charge in [0.15, 0.2) is 0 Å². The molecule has 0 saturated carbocycles. The lowest BCUT2D eigenvalue weighted by Crippen LogP contribution is -2.26. The van der Waals surface area contributed by atoms with Crippen LogP contribution in [-0.4, -0.2) is 18.2 Å². The number of carbonyl (C=O) groups is 3. The molecule has 0 radical (unpaired) electrons. The number of para-hydroxylation sites is 2. The Morgan fingerprint density at radius 1 is 0.906 bits per heavy atom. The van der Waals surface area contributed by atoms with Crippen molar-refractivity contribution in [2.45, 2.75) is 38.0 Å². The summed E-state index contributed by atoms with van der Waals surface area (Å²) >= 11 is 0. The van der Waals surface area contributed by atoms with E-state index in [0.717, 1.165) is 41.8 Å². The van der Waals surface area contributed by atoms with Gasteiger partial charge in [-0.05, 0) is 73.1 Å². The summed E-state index contributed by atoms with van der Waals surface area (Å²) in [6.07, 6.45) is 3.99. The number of hydrogen-bond acceptors (Lipinski definition) is 4. The number of nitrogens with zero attached hydrogens (tertiary/aromatic N) is 1. The molecule has 0 bridgehead atoms. The molecule has 1 aliphatic carbocycles. The lowest BCUT2D eigenvalue weighted by Gasteiger charge is -2.28. The standard InChI is InChI=1S/C27H25NO4/c29-19-27(31)32-25-16-8-14-23-20(9-7-15-24(23)25)17-18-26(30)28(21-10-3-1-4-11-21)22-12-5-2-6-13-22/h1-6,8,10-14,16,19-20H,7,9,15,17-18H2. The molecule has 0 aromatic heterocycles. The smallest absolute Gasteiger partial charge is 0.376 e. The van der Waals surface area contributed by atoms with Gasteiger partial charge >= 0.3 is 5.97 Å². The summed E-state index contributed by atoms with van der Waals surface area (Å²) in [6.45, 7) is 0. The number of ether oxygens (including phenoxy) is 1. The second kappa shape index (κ2) is 10.1. The Labute approximate surface area is 187 Å². The first-order chi connectivity index (χ1) is 15.7. The summed E-state index contributed by atoms with van der Waals surface area (Å²) in [5, 5.41) is 0. The van der Waals surface area contributed by atoms with Gasteiger partial charge in [0.2, 0.25) is 12.2 Å². The summed E-state index contributed by atoms with van der Waals surface area (Å²) in [5.74, 6) is -0.202. The minimum absolute atomic E-state index is 0.0399. The van der Waals surface area contributed by atoms with Gasteiger partial charge in [0.05, 0.1) is 0 Å². The van der Waals surface area contributed by atoms with E-state index < -0.39 is 5.97 Å². The van der Waals surface area contributed by atoms with Crippen LogP contribution in [0.25, 0.3) is 0 Å². The quantitative estimate of drug-likeness (QED) is 0.220. The summed E-state index contributed by atoms with van der Waals surface area (Å²) in [5.41, 5.74) is 3.76. The monoisotopic (exact) mass is 427 g/mol. The second-order valence-corrected chi connectivity index (χ2v) is 7.89. The number of esters is 1. The molecular weight excluding hydrogens is 402 g/mol. The van der Waals surface area contributed by atoms with Gasteiger partial charge in [-0.25, -0.2) is 4.79 Å². The van der Waals surface area contributed by atoms with Gasteiger partial charge in [-0.1, -0.05) is 48.5 Å². The maximum absolute atomic E-state index is 13.4. The summed E-state index contributed by atoms with van der Waals surface area (Å²) in [6, 6.07) is 24.9. The van der Waals surface area contributed by atoms with Gasteiger partial charge < -0.3 is 4.74 Å². The molecular formula is C27H25NO4. The van der Waals surface area contributed by atoms with E-state index in [0.29, 0.717) is 18.6 Å². The van der Waals surface area contributed by atoms with Gasteiger partial charge in [-0.3, -0.25) is 14.5 Å². The lowest BCUT2D eigenvalue weighted by atomic mass is 9.80. The highest BCUT2D eigenvalue weighted by molar-refractivity contribution is 6.21. The predicted molar refractivity (Wildman–Crippen MR) is 123 cm³/mol. The van der Waals surface area contributed by atoms with Crippen LogP contribution in [0.4, 0.5) is 11.4 Å². The van der Waals surface area contributed by atoms with Crippen molar-refractivity contribution in [3.05, 3.63) is 90.0 Å². The molecule has 162 valence electrons. The summed E-state index contributed by atoms with van der Waals surface area (Å²) in [7, 11) is 0. The van der Waals surface area contributed by atoms with Crippen molar-refractivity contribution in [1.29, 1.82) is 0 Å². The number of benzene rings is 3. The zero-order valence-corrected chi connectivity index (χ0v) is 17.8. The number of anilines is 2.